The number of hydrogen-bond acceptors (Lipinski definition) is 4. The van der Waals surface area contributed by atoms with E-state index in [1.54, 1.807) is 34.1 Å². The van der Waals surface area contributed by atoms with Crippen molar-refractivity contribution in [1.82, 2.24) is 24.5 Å². The first-order valence-corrected chi connectivity index (χ1v) is 8.89. The number of nitrogens with zero attached hydrogens (tertiary/aromatic N) is 5. The minimum absolute atomic E-state index is 0.0234. The average Bonchev–Trinajstić information content (AvgIpc) is 3.40. The quantitative estimate of drug-likeness (QED) is 0.747. The zero-order valence-corrected chi connectivity index (χ0v) is 14.9. The van der Waals surface area contributed by atoms with E-state index in [4.69, 9.17) is 5.11 Å². The van der Waals surface area contributed by atoms with Crippen LogP contribution in [0.1, 0.15) is 39.6 Å². The number of rotatable bonds is 4. The fourth-order valence-corrected chi connectivity index (χ4v) is 3.44. The minimum Gasteiger partial charge on any atom is -0.478 e. The van der Waals surface area contributed by atoms with E-state index in [2.05, 4.69) is 10.2 Å². The van der Waals surface area contributed by atoms with Gasteiger partial charge in [-0.2, -0.15) is 10.2 Å². The Morgan fingerprint density at radius 3 is 2.61 bits per heavy atom. The molecule has 3 aromatic rings. The highest BCUT2D eigenvalue weighted by Crippen LogP contribution is 2.25. The van der Waals surface area contributed by atoms with Crippen molar-refractivity contribution < 1.29 is 19.1 Å². The van der Waals surface area contributed by atoms with Crippen molar-refractivity contribution in [3.05, 3.63) is 66.0 Å². The number of benzene rings is 1. The highest BCUT2D eigenvalue weighted by Gasteiger charge is 2.27. The third-order valence-corrected chi connectivity index (χ3v) is 4.91. The fraction of sp³-hybridized carbons (Fsp3) is 0.263. The predicted octanol–water partition coefficient (Wildman–Crippen LogP) is 2.38. The molecule has 0 radical (unpaired) electrons. The van der Waals surface area contributed by atoms with E-state index in [9.17, 15) is 14.0 Å². The van der Waals surface area contributed by atoms with Crippen LogP contribution in [0.2, 0.25) is 0 Å². The second-order valence-electron chi connectivity index (χ2n) is 6.65. The Morgan fingerprint density at radius 1 is 1.18 bits per heavy atom. The van der Waals surface area contributed by atoms with Gasteiger partial charge in [0, 0.05) is 31.7 Å². The Hall–Kier alpha value is -3.49. The van der Waals surface area contributed by atoms with E-state index in [1.165, 1.54) is 29.2 Å². The largest absolute Gasteiger partial charge is 0.478 e. The fourth-order valence-electron chi connectivity index (χ4n) is 3.44. The van der Waals surface area contributed by atoms with Gasteiger partial charge in [-0.3, -0.25) is 9.48 Å². The van der Waals surface area contributed by atoms with Crippen LogP contribution in [0.15, 0.2) is 49.1 Å². The highest BCUT2D eigenvalue weighted by molar-refractivity contribution is 5.97. The van der Waals surface area contributed by atoms with Crippen LogP contribution in [0.5, 0.6) is 0 Å². The summed E-state index contributed by atoms with van der Waals surface area (Å²) in [7, 11) is 0. The molecule has 1 aromatic carbocycles. The predicted molar refractivity (Wildman–Crippen MR) is 96.9 cm³/mol. The lowest BCUT2D eigenvalue weighted by Gasteiger charge is -2.32. The molecule has 1 amide bonds. The van der Waals surface area contributed by atoms with E-state index in [-0.39, 0.29) is 23.1 Å². The first-order valence-electron chi connectivity index (χ1n) is 8.89. The number of aromatic nitrogens is 4. The molecule has 144 valence electrons. The van der Waals surface area contributed by atoms with Crippen molar-refractivity contribution in [2.75, 3.05) is 13.1 Å². The summed E-state index contributed by atoms with van der Waals surface area (Å²) in [4.78, 5) is 25.7. The molecule has 0 aliphatic carbocycles. The van der Waals surface area contributed by atoms with Crippen molar-refractivity contribution in [2.45, 2.75) is 18.9 Å². The lowest BCUT2D eigenvalue weighted by Crippen LogP contribution is -2.39. The number of carboxylic acids is 1. The van der Waals surface area contributed by atoms with Crippen molar-refractivity contribution in [3.63, 3.8) is 0 Å². The smallest absolute Gasteiger partial charge is 0.338 e. The SMILES string of the molecule is O=C(O)c1cnn(C2CCN(C(=O)c3cc(F)ccc3-n3cccn3)CC2)c1. The van der Waals surface area contributed by atoms with Gasteiger partial charge in [-0.1, -0.05) is 0 Å². The summed E-state index contributed by atoms with van der Waals surface area (Å²) in [5.41, 5.74) is 0.924. The van der Waals surface area contributed by atoms with Crippen LogP contribution in [0.25, 0.3) is 5.69 Å². The molecule has 2 aromatic heterocycles. The van der Waals surface area contributed by atoms with Gasteiger partial charge in [0.1, 0.15) is 5.82 Å². The van der Waals surface area contributed by atoms with E-state index in [1.807, 2.05) is 0 Å². The first-order chi connectivity index (χ1) is 13.5. The van der Waals surface area contributed by atoms with E-state index in [0.29, 0.717) is 31.6 Å². The van der Waals surface area contributed by atoms with Crippen LogP contribution < -0.4 is 0 Å². The van der Waals surface area contributed by atoms with Gasteiger partial charge >= 0.3 is 5.97 Å². The zero-order valence-electron chi connectivity index (χ0n) is 14.9. The van der Waals surface area contributed by atoms with Crippen LogP contribution in [-0.2, 0) is 0 Å². The van der Waals surface area contributed by atoms with E-state index in [0.717, 1.165) is 0 Å². The van der Waals surface area contributed by atoms with Gasteiger partial charge in [0.15, 0.2) is 0 Å². The molecule has 1 saturated heterocycles. The zero-order chi connectivity index (χ0) is 19.7. The molecule has 0 bridgehead atoms. The summed E-state index contributed by atoms with van der Waals surface area (Å²) in [6, 6.07) is 5.84. The molecule has 1 fully saturated rings. The summed E-state index contributed by atoms with van der Waals surface area (Å²) in [6.45, 7) is 0.946. The summed E-state index contributed by atoms with van der Waals surface area (Å²) in [6.07, 6.45) is 7.40. The van der Waals surface area contributed by atoms with Gasteiger partial charge in [0.05, 0.1) is 29.1 Å². The first kappa shape index (κ1) is 17.9. The van der Waals surface area contributed by atoms with Gasteiger partial charge in [-0.05, 0) is 37.1 Å². The summed E-state index contributed by atoms with van der Waals surface area (Å²) < 4.78 is 17.0. The van der Waals surface area contributed by atoms with Crippen molar-refractivity contribution in [3.8, 4) is 5.69 Å². The molecule has 1 aliphatic heterocycles. The maximum absolute atomic E-state index is 13.8. The van der Waals surface area contributed by atoms with Crippen LogP contribution in [0.4, 0.5) is 4.39 Å². The number of likely N-dealkylation sites (tertiary alicyclic amines) is 1. The molecule has 8 nitrogen and oxygen atoms in total. The van der Waals surface area contributed by atoms with Gasteiger partial charge in [-0.15, -0.1) is 0 Å². The second kappa shape index (κ2) is 7.26. The number of carboxylic acid groups (broad SMARTS) is 1. The standard InChI is InChI=1S/C19H18FN5O3/c20-14-2-3-17(24-7-1-6-21-24)16(10-14)18(26)23-8-4-15(5-9-23)25-12-13(11-22-25)19(27)28/h1-3,6-7,10-12,15H,4-5,8-9H2,(H,27,28). The monoisotopic (exact) mass is 383 g/mol. The molecule has 0 atom stereocenters. The molecule has 4 rings (SSSR count). The Labute approximate surface area is 159 Å². The van der Waals surface area contributed by atoms with Gasteiger partial charge in [0.25, 0.3) is 5.91 Å². The molecule has 9 heteroatoms. The normalized spacial score (nSPS) is 15.0. The number of halogens is 1. The van der Waals surface area contributed by atoms with E-state index >= 15 is 0 Å². The molecular formula is C19H18FN5O3. The number of hydrogen-bond donors (Lipinski definition) is 1. The van der Waals surface area contributed by atoms with Crippen molar-refractivity contribution >= 4 is 11.9 Å². The van der Waals surface area contributed by atoms with E-state index < -0.39 is 11.8 Å². The van der Waals surface area contributed by atoms with Gasteiger partial charge < -0.3 is 10.0 Å². The molecule has 0 unspecified atom stereocenters. The molecule has 1 aliphatic rings. The Kier molecular flexibility index (Phi) is 4.64. The molecule has 0 saturated carbocycles. The summed E-state index contributed by atoms with van der Waals surface area (Å²) >= 11 is 0. The molecule has 1 N–H and O–H groups in total. The lowest BCUT2D eigenvalue weighted by molar-refractivity contribution is 0.0687. The van der Waals surface area contributed by atoms with Crippen LogP contribution in [0.3, 0.4) is 0 Å². The third-order valence-electron chi connectivity index (χ3n) is 4.91. The Morgan fingerprint density at radius 2 is 1.96 bits per heavy atom. The number of amides is 1. The number of carbonyl (C=O) groups excluding carboxylic acids is 1. The summed E-state index contributed by atoms with van der Waals surface area (Å²) in [5.74, 6) is -1.75. The molecular weight excluding hydrogens is 365 g/mol. The topological polar surface area (TPSA) is 93.3 Å². The maximum Gasteiger partial charge on any atom is 0.338 e. The third kappa shape index (κ3) is 3.38. The van der Waals surface area contributed by atoms with Crippen LogP contribution in [-0.4, -0.2) is 54.5 Å². The van der Waals surface area contributed by atoms with Gasteiger partial charge in [-0.25, -0.2) is 13.9 Å². The van der Waals surface area contributed by atoms with Gasteiger partial charge in [0.2, 0.25) is 0 Å². The Balaban J connectivity index is 1.50. The highest BCUT2D eigenvalue weighted by atomic mass is 19.1. The number of aromatic carboxylic acids is 1. The van der Waals surface area contributed by atoms with Crippen molar-refractivity contribution in [2.24, 2.45) is 0 Å². The van der Waals surface area contributed by atoms with Crippen LogP contribution >= 0.6 is 0 Å². The maximum atomic E-state index is 13.8. The number of carbonyl (C=O) groups is 2. The molecule has 3 heterocycles. The van der Waals surface area contributed by atoms with Crippen molar-refractivity contribution in [1.29, 1.82) is 0 Å². The number of piperidine rings is 1. The Bertz CT molecular complexity index is 1010. The average molecular weight is 383 g/mol. The molecule has 0 spiro atoms. The minimum atomic E-state index is -1.02. The molecule has 28 heavy (non-hydrogen) atoms. The summed E-state index contributed by atoms with van der Waals surface area (Å²) in [5, 5.41) is 17.3. The second-order valence-corrected chi connectivity index (χ2v) is 6.65. The van der Waals surface area contributed by atoms with Crippen LogP contribution in [0, 0.1) is 5.82 Å². The lowest BCUT2D eigenvalue weighted by atomic mass is 10.0.